The number of urea groups is 1. The van der Waals surface area contributed by atoms with Crippen LogP contribution < -0.4 is 16.4 Å². The van der Waals surface area contributed by atoms with Gasteiger partial charge in [-0.15, -0.1) is 0 Å². The lowest BCUT2D eigenvalue weighted by Crippen LogP contribution is -2.22. The molecule has 3 aromatic carbocycles. The van der Waals surface area contributed by atoms with Crippen LogP contribution in [0.5, 0.6) is 0 Å². The first kappa shape index (κ1) is 23.3. The number of hydrogen-bond donors (Lipinski definition) is 3. The number of carbonyl (C=O) groups is 1. The molecule has 0 fully saturated rings. The molecule has 176 valence electrons. The van der Waals surface area contributed by atoms with Gasteiger partial charge in [-0.1, -0.05) is 37.6 Å². The van der Waals surface area contributed by atoms with Gasteiger partial charge in [0.05, 0.1) is 17.1 Å². The average molecular weight is 467 g/mol. The van der Waals surface area contributed by atoms with Crippen LogP contribution in [0.15, 0.2) is 54.6 Å². The maximum Gasteiger partial charge on any atom is 0.324 e. The van der Waals surface area contributed by atoms with Gasteiger partial charge in [-0.25, -0.2) is 22.6 Å². The Kier molecular flexibility index (Phi) is 6.83. The number of aromatic nitrogens is 2. The van der Waals surface area contributed by atoms with Crippen LogP contribution >= 0.6 is 0 Å². The van der Waals surface area contributed by atoms with Crippen LogP contribution in [0.3, 0.4) is 0 Å². The summed E-state index contributed by atoms with van der Waals surface area (Å²) in [4.78, 5) is 12.6. The molecule has 0 spiro atoms. The number of hydrogen-bond acceptors (Lipinski definition) is 3. The van der Waals surface area contributed by atoms with Crippen LogP contribution in [-0.2, 0) is 13.0 Å². The van der Waals surface area contributed by atoms with Crippen molar-refractivity contribution in [2.24, 2.45) is 5.73 Å². The predicted octanol–water partition coefficient (Wildman–Crippen LogP) is 5.89. The first-order valence-electron chi connectivity index (χ1n) is 10.9. The molecule has 0 aliphatic rings. The minimum atomic E-state index is -1.40. The van der Waals surface area contributed by atoms with Crippen LogP contribution in [-0.4, -0.2) is 15.8 Å². The highest BCUT2D eigenvalue weighted by atomic mass is 19.2. The van der Waals surface area contributed by atoms with E-state index in [0.29, 0.717) is 36.6 Å². The van der Waals surface area contributed by atoms with E-state index in [9.17, 15) is 18.0 Å². The summed E-state index contributed by atoms with van der Waals surface area (Å²) in [5.74, 6) is -3.44. The molecule has 4 N–H and O–H groups in total. The van der Waals surface area contributed by atoms with E-state index in [2.05, 4.69) is 22.7 Å². The van der Waals surface area contributed by atoms with Crippen molar-refractivity contribution < 1.29 is 18.0 Å². The maximum atomic E-state index is 14.0. The summed E-state index contributed by atoms with van der Waals surface area (Å²) in [5, 5.41) is 11.4. The summed E-state index contributed by atoms with van der Waals surface area (Å²) in [6.45, 7) is 2.37. The third kappa shape index (κ3) is 4.89. The van der Waals surface area contributed by atoms with Gasteiger partial charge < -0.3 is 11.1 Å². The number of carbonyl (C=O) groups excluding carboxylic acids is 1. The van der Waals surface area contributed by atoms with Crippen LogP contribution in [0.1, 0.15) is 31.0 Å². The van der Waals surface area contributed by atoms with E-state index in [-0.39, 0.29) is 0 Å². The third-order valence-corrected chi connectivity index (χ3v) is 5.43. The molecular formula is C25H24F3N5O. The van der Waals surface area contributed by atoms with Gasteiger partial charge in [-0.05, 0) is 41.3 Å². The number of amides is 2. The molecule has 0 bridgehead atoms. The van der Waals surface area contributed by atoms with Crippen LogP contribution in [0.2, 0.25) is 0 Å². The standard InChI is InChI=1S/C25H24F3N5O/c1-2-3-7-18-13-23(31-25(34)30-22-12-17(26)11-21(27)24(22)28)33(32-18)19-9-15-6-4-5-8-20(15)16(10-19)14-29/h4-6,8-13H,2-3,7,14,29H2,1H3,(H2,30,31,34). The van der Waals surface area contributed by atoms with Gasteiger partial charge in [0.25, 0.3) is 0 Å². The molecule has 4 aromatic rings. The molecule has 9 heteroatoms. The van der Waals surface area contributed by atoms with Crippen molar-refractivity contribution in [3.8, 4) is 5.69 Å². The van der Waals surface area contributed by atoms with Crippen molar-refractivity contribution in [1.29, 1.82) is 0 Å². The molecule has 0 aliphatic carbocycles. The molecule has 0 saturated heterocycles. The van der Waals surface area contributed by atoms with E-state index in [0.717, 1.165) is 34.9 Å². The number of nitrogens with two attached hydrogens (primary N) is 1. The summed E-state index contributed by atoms with van der Waals surface area (Å²) in [5.41, 5.74) is 7.70. The summed E-state index contributed by atoms with van der Waals surface area (Å²) >= 11 is 0. The summed E-state index contributed by atoms with van der Waals surface area (Å²) in [6, 6.07) is 13.6. The van der Waals surface area contributed by atoms with Crippen LogP contribution in [0.25, 0.3) is 16.5 Å². The smallest absolute Gasteiger partial charge is 0.324 e. The first-order valence-corrected chi connectivity index (χ1v) is 10.9. The topological polar surface area (TPSA) is 85.0 Å². The second-order valence-electron chi connectivity index (χ2n) is 7.89. The van der Waals surface area contributed by atoms with Crippen molar-refractivity contribution in [2.75, 3.05) is 10.6 Å². The van der Waals surface area contributed by atoms with Crippen LogP contribution in [0, 0.1) is 17.5 Å². The molecule has 0 unspecified atom stereocenters. The minimum absolute atomic E-state index is 0.311. The normalized spacial score (nSPS) is 11.1. The third-order valence-electron chi connectivity index (χ3n) is 5.43. The first-order chi connectivity index (χ1) is 16.4. The number of benzene rings is 3. The highest BCUT2D eigenvalue weighted by molar-refractivity contribution is 5.99. The highest BCUT2D eigenvalue weighted by Crippen LogP contribution is 2.26. The maximum absolute atomic E-state index is 14.0. The monoisotopic (exact) mass is 467 g/mol. The largest absolute Gasteiger partial charge is 0.326 e. The van der Waals surface area contributed by atoms with E-state index >= 15 is 0 Å². The molecule has 1 heterocycles. The van der Waals surface area contributed by atoms with E-state index in [1.54, 1.807) is 10.7 Å². The lowest BCUT2D eigenvalue weighted by atomic mass is 10.0. The van der Waals surface area contributed by atoms with Crippen LogP contribution in [0.4, 0.5) is 29.5 Å². The fourth-order valence-corrected chi connectivity index (χ4v) is 3.78. The van der Waals surface area contributed by atoms with E-state index in [4.69, 9.17) is 5.73 Å². The molecule has 0 radical (unpaired) electrons. The van der Waals surface area contributed by atoms with Gasteiger partial charge in [0.15, 0.2) is 11.6 Å². The number of unbranched alkanes of at least 4 members (excludes halogenated alkanes) is 1. The zero-order valence-electron chi connectivity index (χ0n) is 18.5. The quantitative estimate of drug-likeness (QED) is 0.296. The number of anilines is 2. The number of halogens is 3. The Morgan fingerprint density at radius 3 is 2.62 bits per heavy atom. The lowest BCUT2D eigenvalue weighted by Gasteiger charge is -2.13. The zero-order valence-corrected chi connectivity index (χ0v) is 18.5. The Morgan fingerprint density at radius 2 is 1.85 bits per heavy atom. The van der Waals surface area contributed by atoms with E-state index in [1.807, 2.05) is 36.4 Å². The van der Waals surface area contributed by atoms with Gasteiger partial charge in [-0.2, -0.15) is 5.10 Å². The summed E-state index contributed by atoms with van der Waals surface area (Å²) in [7, 11) is 0. The second-order valence-corrected chi connectivity index (χ2v) is 7.89. The van der Waals surface area contributed by atoms with Gasteiger partial charge in [0, 0.05) is 24.7 Å². The van der Waals surface area contributed by atoms with Crippen molar-refractivity contribution in [1.82, 2.24) is 9.78 Å². The number of nitrogens with one attached hydrogen (secondary N) is 2. The molecule has 2 amide bonds. The van der Waals surface area contributed by atoms with Crippen molar-refractivity contribution >= 4 is 28.3 Å². The highest BCUT2D eigenvalue weighted by Gasteiger charge is 2.17. The zero-order chi connectivity index (χ0) is 24.2. The lowest BCUT2D eigenvalue weighted by molar-refractivity contribution is 0.262. The number of aryl methyl sites for hydroxylation is 1. The fraction of sp³-hybridized carbons (Fsp3) is 0.200. The van der Waals surface area contributed by atoms with Gasteiger partial charge in [0.1, 0.15) is 11.6 Å². The van der Waals surface area contributed by atoms with Crippen molar-refractivity contribution in [2.45, 2.75) is 32.7 Å². The van der Waals surface area contributed by atoms with Gasteiger partial charge in [0.2, 0.25) is 0 Å². The summed E-state index contributed by atoms with van der Waals surface area (Å²) in [6.07, 6.45) is 2.57. The molecule has 0 aliphatic heterocycles. The van der Waals surface area contributed by atoms with E-state index < -0.39 is 29.2 Å². The van der Waals surface area contributed by atoms with Gasteiger partial charge >= 0.3 is 6.03 Å². The fourth-order valence-electron chi connectivity index (χ4n) is 3.78. The molecule has 4 rings (SSSR count). The predicted molar refractivity (Wildman–Crippen MR) is 127 cm³/mol. The number of rotatable bonds is 7. The number of nitrogens with zero attached hydrogens (tertiary/aromatic N) is 2. The molecule has 34 heavy (non-hydrogen) atoms. The number of fused-ring (bicyclic) bond motifs is 1. The van der Waals surface area contributed by atoms with Gasteiger partial charge in [-0.3, -0.25) is 5.32 Å². The molecule has 0 atom stereocenters. The molecule has 0 saturated carbocycles. The molecule has 1 aromatic heterocycles. The SMILES string of the molecule is CCCCc1cc(NC(=O)Nc2cc(F)cc(F)c2F)n(-c2cc(CN)c3ccccc3c2)n1. The minimum Gasteiger partial charge on any atom is -0.326 e. The van der Waals surface area contributed by atoms with Crippen molar-refractivity contribution in [3.63, 3.8) is 0 Å². The Hall–Kier alpha value is -3.85. The molecular weight excluding hydrogens is 443 g/mol. The van der Waals surface area contributed by atoms with Crippen molar-refractivity contribution in [3.05, 3.63) is 83.3 Å². The Balaban J connectivity index is 1.70. The molecule has 6 nitrogen and oxygen atoms in total. The van der Waals surface area contributed by atoms with E-state index in [1.165, 1.54) is 0 Å². The Morgan fingerprint density at radius 1 is 1.06 bits per heavy atom. The Labute approximate surface area is 194 Å². The average Bonchev–Trinajstić information content (AvgIpc) is 3.22. The second kappa shape index (κ2) is 9.96. The Bertz CT molecular complexity index is 1350. The summed E-state index contributed by atoms with van der Waals surface area (Å²) < 4.78 is 42.6.